The van der Waals surface area contributed by atoms with Crippen LogP contribution in [0.5, 0.6) is 11.5 Å². The first kappa shape index (κ1) is 57.6. The molecule has 4 heterocycles. The molecule has 0 fully saturated rings. The summed E-state index contributed by atoms with van der Waals surface area (Å²) in [5.41, 5.74) is 5.61. The zero-order chi connectivity index (χ0) is 42.0. The molecule has 0 spiro atoms. The first-order valence-corrected chi connectivity index (χ1v) is 17.7. The molecule has 0 aliphatic heterocycles. The summed E-state index contributed by atoms with van der Waals surface area (Å²) < 4.78 is 81.8. The van der Waals surface area contributed by atoms with Gasteiger partial charge in [0.15, 0.2) is 0 Å². The van der Waals surface area contributed by atoms with E-state index in [1.165, 1.54) is 13.8 Å². The number of hydrogen-bond donors (Lipinski definition) is 0. The van der Waals surface area contributed by atoms with Gasteiger partial charge >= 0.3 is 17.1 Å². The normalized spacial score (nSPS) is 9.39. The summed E-state index contributed by atoms with van der Waals surface area (Å²) in [7, 11) is -6.59. The third-order valence-electron chi connectivity index (χ3n) is 5.95. The van der Waals surface area contributed by atoms with Crippen LogP contribution in [0, 0.1) is 43.1 Å². The van der Waals surface area contributed by atoms with Gasteiger partial charge in [-0.3, -0.25) is 9.97 Å². The fourth-order valence-corrected chi connectivity index (χ4v) is 3.85. The van der Waals surface area contributed by atoms with Crippen molar-refractivity contribution in [3.05, 3.63) is 121 Å². The minimum absolute atomic E-state index is 0. The van der Waals surface area contributed by atoms with Gasteiger partial charge < -0.3 is 20.4 Å². The van der Waals surface area contributed by atoms with Gasteiger partial charge in [0.2, 0.25) is 0 Å². The molecule has 0 aliphatic carbocycles. The van der Waals surface area contributed by atoms with Gasteiger partial charge in [0, 0.05) is 37.4 Å². The molecule has 321 valence electrons. The van der Waals surface area contributed by atoms with Gasteiger partial charge in [0.05, 0.1) is 63.2 Å². The van der Waals surface area contributed by atoms with Gasteiger partial charge in [-0.05, 0) is 72.8 Å². The minimum Gasteiger partial charge on any atom is -0.497 e. The van der Waals surface area contributed by atoms with Crippen molar-refractivity contribution in [2.24, 2.45) is 0 Å². The second-order valence-corrected chi connectivity index (χ2v) is 11.4. The Hall–Kier alpha value is -5.70. The van der Waals surface area contributed by atoms with Crippen molar-refractivity contribution in [1.82, 2.24) is 40.0 Å². The van der Waals surface area contributed by atoms with E-state index >= 15 is 0 Å². The number of nitriles is 2. The Bertz CT molecular complexity index is 1870. The van der Waals surface area contributed by atoms with Crippen LogP contribution in [-0.2, 0) is 30.2 Å². The third-order valence-corrected chi connectivity index (χ3v) is 5.95. The average Bonchev–Trinajstić information content (AvgIpc) is 3.82. The molecule has 0 saturated carbocycles. The zero-order valence-electron chi connectivity index (χ0n) is 31.4. The number of benzene rings is 2. The molecule has 2 aromatic carbocycles. The van der Waals surface area contributed by atoms with Crippen molar-refractivity contribution in [2.75, 3.05) is 14.2 Å². The van der Waals surface area contributed by atoms with Crippen LogP contribution < -0.4 is 46.7 Å². The van der Waals surface area contributed by atoms with Crippen LogP contribution in [0.2, 0.25) is 0 Å². The van der Waals surface area contributed by atoms with Gasteiger partial charge in [-0.15, -0.1) is 30.7 Å². The maximum absolute atomic E-state index is 8.49. The molecule has 6 aromatic rings. The Balaban J connectivity index is -0.000000755. The Labute approximate surface area is 353 Å². The van der Waals surface area contributed by atoms with E-state index < -0.39 is 20.5 Å². The third kappa shape index (κ3) is 28.4. The topological polar surface area (TPSA) is 401 Å². The molecular formula is C34H38Cl2CuN10O12. The van der Waals surface area contributed by atoms with Crippen molar-refractivity contribution in [3.63, 3.8) is 0 Å². The van der Waals surface area contributed by atoms with E-state index in [2.05, 4.69) is 30.6 Å². The summed E-state index contributed by atoms with van der Waals surface area (Å²) in [6, 6.07) is 30.7. The molecule has 1 radical (unpaired) electrons. The Morgan fingerprint density at radius 2 is 0.847 bits per heavy atom. The SMILES string of the molecule is CC#N.CC#N.COc1ccc(-c2cn(Cc3ccccn3)nn2)cc1.COc1ccc(-c2cn(Cc3ccccn3)nn2)cc1.O.O.[Cu+2].[O-][Cl+3]([O-])([O-])[O-].[O-][Cl+3]([O-])([O-])[O-]. The predicted octanol–water partition coefficient (Wildman–Crippen LogP) is -5.31. The van der Waals surface area contributed by atoms with Gasteiger partial charge in [0.25, 0.3) is 0 Å². The van der Waals surface area contributed by atoms with E-state index in [-0.39, 0.29) is 28.0 Å². The summed E-state index contributed by atoms with van der Waals surface area (Å²) in [6.07, 6.45) is 7.38. The van der Waals surface area contributed by atoms with Crippen LogP contribution in [0.15, 0.2) is 110 Å². The van der Waals surface area contributed by atoms with Crippen LogP contribution in [0.4, 0.5) is 0 Å². The van der Waals surface area contributed by atoms with Crippen LogP contribution >= 0.6 is 0 Å². The predicted molar refractivity (Wildman–Crippen MR) is 180 cm³/mol. The number of ether oxygens (including phenoxy) is 2. The number of hydrogen-bond acceptors (Lipinski definition) is 18. The molecule has 0 amide bonds. The van der Waals surface area contributed by atoms with E-state index in [0.717, 1.165) is 45.4 Å². The quantitative estimate of drug-likeness (QED) is 0.129. The van der Waals surface area contributed by atoms with Crippen LogP contribution in [0.25, 0.3) is 22.5 Å². The number of methoxy groups -OCH3 is 2. The van der Waals surface area contributed by atoms with E-state index in [4.69, 9.17) is 57.3 Å². The maximum atomic E-state index is 8.49. The Kier molecular flexibility index (Phi) is 30.6. The van der Waals surface area contributed by atoms with Gasteiger partial charge in [-0.1, -0.05) is 22.6 Å². The van der Waals surface area contributed by atoms with Gasteiger partial charge in [0.1, 0.15) is 22.9 Å². The fraction of sp³-hybridized carbons (Fsp3) is 0.176. The first-order chi connectivity index (χ1) is 26.5. The molecule has 0 aliphatic rings. The minimum atomic E-state index is -4.94. The van der Waals surface area contributed by atoms with Crippen LogP contribution in [0.1, 0.15) is 25.2 Å². The molecule has 22 nitrogen and oxygen atoms in total. The van der Waals surface area contributed by atoms with E-state index in [1.807, 2.05) is 97.3 Å². The monoisotopic (exact) mass is 911 g/mol. The molecule has 4 aromatic heterocycles. The van der Waals surface area contributed by atoms with E-state index in [0.29, 0.717) is 13.1 Å². The van der Waals surface area contributed by atoms with E-state index in [9.17, 15) is 0 Å². The van der Waals surface area contributed by atoms with Crippen molar-refractivity contribution in [3.8, 4) is 46.2 Å². The molecular weight excluding hydrogens is 875 g/mol. The smallest absolute Gasteiger partial charge is 0.497 e. The molecule has 59 heavy (non-hydrogen) atoms. The summed E-state index contributed by atoms with van der Waals surface area (Å²) in [4.78, 5) is 8.55. The molecule has 0 atom stereocenters. The molecule has 6 rings (SSSR count). The standard InChI is InChI=1S/2C15H14N4O.2C2H3N.2ClHO4.Cu.2H2O/c2*1-20-14-7-5-12(6-8-14)15-11-19(18-17-15)10-13-4-2-3-9-16-13;2*1-2-3;2*2-1(3,4)5;;;/h2*2-9,11H,10H2,1H3;2*1H3;2*(H,2,3,4,5);;2*1H2/q;;;;;;+2;;/p-2. The van der Waals surface area contributed by atoms with Gasteiger partial charge in [-0.25, -0.2) is 46.6 Å². The second kappa shape index (κ2) is 31.3. The number of pyridine rings is 2. The molecule has 4 N–H and O–H groups in total. The second-order valence-electron chi connectivity index (χ2n) is 9.91. The summed E-state index contributed by atoms with van der Waals surface area (Å²) in [5.74, 6) is 1.66. The first-order valence-electron chi connectivity index (χ1n) is 15.3. The number of rotatable bonds is 8. The zero-order valence-corrected chi connectivity index (χ0v) is 33.9. The fourth-order valence-electron chi connectivity index (χ4n) is 3.85. The van der Waals surface area contributed by atoms with Crippen molar-refractivity contribution < 1.29 is 95.3 Å². The van der Waals surface area contributed by atoms with Crippen LogP contribution in [-0.4, -0.2) is 65.1 Å². The van der Waals surface area contributed by atoms with Crippen molar-refractivity contribution in [1.29, 1.82) is 10.5 Å². The Morgan fingerprint density at radius 1 is 0.559 bits per heavy atom. The number of nitrogens with zero attached hydrogens (tertiary/aromatic N) is 10. The summed E-state index contributed by atoms with van der Waals surface area (Å²) in [6.45, 7) is 4.09. The average molecular weight is 913 g/mol. The van der Waals surface area contributed by atoms with Crippen molar-refractivity contribution >= 4 is 0 Å². The van der Waals surface area contributed by atoms with Gasteiger partial charge in [-0.2, -0.15) is 10.5 Å². The maximum Gasteiger partial charge on any atom is 2.00 e. The molecule has 0 saturated heterocycles. The summed E-state index contributed by atoms with van der Waals surface area (Å²) >= 11 is 0. The van der Waals surface area contributed by atoms with Crippen molar-refractivity contribution in [2.45, 2.75) is 26.9 Å². The molecule has 0 bridgehead atoms. The number of halogens is 2. The van der Waals surface area contributed by atoms with Crippen LogP contribution in [0.3, 0.4) is 0 Å². The largest absolute Gasteiger partial charge is 2.00 e. The molecule has 25 heteroatoms. The molecule has 0 unspecified atom stereocenters. The van der Waals surface area contributed by atoms with E-state index in [1.54, 1.807) is 48.1 Å². The summed E-state index contributed by atoms with van der Waals surface area (Å²) in [5, 5.41) is 31.3. The Morgan fingerprint density at radius 3 is 1.08 bits per heavy atom. The number of aromatic nitrogens is 8.